The third-order valence-corrected chi connectivity index (χ3v) is 4.24. The summed E-state index contributed by atoms with van der Waals surface area (Å²) in [6.07, 6.45) is -0.266. The van der Waals surface area contributed by atoms with E-state index < -0.39 is 29.6 Å². The van der Waals surface area contributed by atoms with Crippen LogP contribution < -0.4 is 0 Å². The minimum atomic E-state index is -1.16. The quantitative estimate of drug-likeness (QED) is 0.901. The van der Waals surface area contributed by atoms with Crippen molar-refractivity contribution in [1.29, 1.82) is 0 Å². The molecule has 0 aliphatic carbocycles. The van der Waals surface area contributed by atoms with Crippen LogP contribution in [0, 0.1) is 11.6 Å². The molecule has 6 nitrogen and oxygen atoms in total. The highest BCUT2D eigenvalue weighted by molar-refractivity contribution is 5.96. The molecule has 2 aromatic rings. The first-order chi connectivity index (χ1) is 12.4. The van der Waals surface area contributed by atoms with E-state index in [0.717, 1.165) is 12.1 Å². The van der Waals surface area contributed by atoms with Crippen LogP contribution in [0.4, 0.5) is 8.78 Å². The Morgan fingerprint density at radius 1 is 1.27 bits per heavy atom. The Morgan fingerprint density at radius 3 is 2.65 bits per heavy atom. The van der Waals surface area contributed by atoms with Crippen molar-refractivity contribution >= 4 is 11.9 Å². The van der Waals surface area contributed by atoms with Gasteiger partial charge in [-0.1, -0.05) is 13.0 Å². The molecule has 8 heteroatoms. The van der Waals surface area contributed by atoms with Gasteiger partial charge in [0.25, 0.3) is 5.91 Å². The van der Waals surface area contributed by atoms with Gasteiger partial charge in [0.2, 0.25) is 0 Å². The van der Waals surface area contributed by atoms with Crippen LogP contribution in [0.3, 0.4) is 0 Å². The molecule has 0 saturated carbocycles. The average Bonchev–Trinajstić information content (AvgIpc) is 3.08. The van der Waals surface area contributed by atoms with E-state index in [0.29, 0.717) is 12.0 Å². The highest BCUT2D eigenvalue weighted by Gasteiger charge is 2.29. The molecule has 1 atom stereocenters. The number of carboxylic acid groups (broad SMARTS) is 1. The standard InChI is InChI=1S/C18H17F2NO5/c1-2-14-11(18(23)24)8-15(26-14)17(22)21-5-6-25-16(9-21)10-3-4-12(19)13(20)7-10/h3-4,7-8,16H,2,5-6,9H2,1H3,(H,23,24). The molecular weight excluding hydrogens is 348 g/mol. The first-order valence-electron chi connectivity index (χ1n) is 8.12. The van der Waals surface area contributed by atoms with Crippen molar-refractivity contribution in [2.24, 2.45) is 0 Å². The van der Waals surface area contributed by atoms with Crippen molar-refractivity contribution < 1.29 is 32.6 Å². The molecule has 0 bridgehead atoms. The van der Waals surface area contributed by atoms with Crippen LogP contribution in [0.15, 0.2) is 28.7 Å². The molecule has 1 aliphatic rings. The summed E-state index contributed by atoms with van der Waals surface area (Å²) < 4.78 is 37.5. The second-order valence-corrected chi connectivity index (χ2v) is 5.89. The van der Waals surface area contributed by atoms with Crippen molar-refractivity contribution in [2.45, 2.75) is 19.4 Å². The van der Waals surface area contributed by atoms with E-state index in [2.05, 4.69) is 0 Å². The molecule has 1 aliphatic heterocycles. The average molecular weight is 365 g/mol. The number of morpholine rings is 1. The molecule has 138 valence electrons. The third-order valence-electron chi connectivity index (χ3n) is 4.24. The minimum Gasteiger partial charge on any atom is -0.478 e. The van der Waals surface area contributed by atoms with E-state index in [1.807, 2.05) is 0 Å². The van der Waals surface area contributed by atoms with Gasteiger partial charge < -0.3 is 19.2 Å². The van der Waals surface area contributed by atoms with Crippen LogP contribution >= 0.6 is 0 Å². The second-order valence-electron chi connectivity index (χ2n) is 5.89. The van der Waals surface area contributed by atoms with Crippen molar-refractivity contribution in [1.82, 2.24) is 4.90 Å². The number of halogens is 2. The summed E-state index contributed by atoms with van der Waals surface area (Å²) in [6.45, 7) is 2.34. The lowest BCUT2D eigenvalue weighted by atomic mass is 10.1. The summed E-state index contributed by atoms with van der Waals surface area (Å²) in [5, 5.41) is 9.17. The zero-order valence-electron chi connectivity index (χ0n) is 14.0. The van der Waals surface area contributed by atoms with Gasteiger partial charge in [0, 0.05) is 19.0 Å². The van der Waals surface area contributed by atoms with Gasteiger partial charge >= 0.3 is 5.97 Å². The molecule has 1 fully saturated rings. The summed E-state index contributed by atoms with van der Waals surface area (Å²) in [4.78, 5) is 25.3. The molecule has 0 spiro atoms. The van der Waals surface area contributed by atoms with Gasteiger partial charge in [-0.15, -0.1) is 0 Å². The van der Waals surface area contributed by atoms with E-state index in [9.17, 15) is 23.5 Å². The van der Waals surface area contributed by atoms with Crippen LogP contribution in [0.5, 0.6) is 0 Å². The maximum absolute atomic E-state index is 13.4. The van der Waals surface area contributed by atoms with E-state index in [4.69, 9.17) is 9.15 Å². The minimum absolute atomic E-state index is 0.0405. The van der Waals surface area contributed by atoms with Crippen LogP contribution in [-0.2, 0) is 11.2 Å². The fourth-order valence-corrected chi connectivity index (χ4v) is 2.88. The maximum atomic E-state index is 13.4. The van der Waals surface area contributed by atoms with Gasteiger partial charge in [0.05, 0.1) is 13.2 Å². The van der Waals surface area contributed by atoms with Gasteiger partial charge in [0.1, 0.15) is 17.4 Å². The maximum Gasteiger partial charge on any atom is 0.339 e. The summed E-state index contributed by atoms with van der Waals surface area (Å²) in [5.74, 6) is -3.41. The van der Waals surface area contributed by atoms with E-state index in [1.165, 1.54) is 17.0 Å². The fraction of sp³-hybridized carbons (Fsp3) is 0.333. The van der Waals surface area contributed by atoms with Crippen molar-refractivity contribution in [3.05, 3.63) is 58.5 Å². The Morgan fingerprint density at radius 2 is 2.04 bits per heavy atom. The number of rotatable bonds is 4. The number of amides is 1. The molecule has 1 N–H and O–H groups in total. The number of ether oxygens (including phenoxy) is 1. The summed E-state index contributed by atoms with van der Waals surface area (Å²) in [5.41, 5.74) is 0.377. The molecule has 1 aromatic heterocycles. The third kappa shape index (κ3) is 3.45. The second kappa shape index (κ2) is 7.25. The number of carboxylic acids is 1. The largest absolute Gasteiger partial charge is 0.478 e. The lowest BCUT2D eigenvalue weighted by Gasteiger charge is -2.32. The zero-order chi connectivity index (χ0) is 18.8. The molecular formula is C18H17F2NO5. The lowest BCUT2D eigenvalue weighted by molar-refractivity contribution is -0.0239. The van der Waals surface area contributed by atoms with Gasteiger partial charge in [-0.2, -0.15) is 0 Å². The van der Waals surface area contributed by atoms with Gasteiger partial charge in [0.15, 0.2) is 17.4 Å². The van der Waals surface area contributed by atoms with E-state index >= 15 is 0 Å². The first kappa shape index (κ1) is 18.1. The van der Waals surface area contributed by atoms with Crippen LogP contribution in [-0.4, -0.2) is 41.6 Å². The molecule has 1 unspecified atom stereocenters. The van der Waals surface area contributed by atoms with Crippen LogP contribution in [0.2, 0.25) is 0 Å². The summed E-state index contributed by atoms with van der Waals surface area (Å²) in [7, 11) is 0. The summed E-state index contributed by atoms with van der Waals surface area (Å²) >= 11 is 0. The van der Waals surface area contributed by atoms with Crippen molar-refractivity contribution in [2.75, 3.05) is 19.7 Å². The number of hydrogen-bond acceptors (Lipinski definition) is 4. The predicted octanol–water partition coefficient (Wildman–Crippen LogP) is 3.03. The summed E-state index contributed by atoms with van der Waals surface area (Å²) in [6, 6.07) is 4.67. The normalized spacial score (nSPS) is 17.3. The SMILES string of the molecule is CCc1oc(C(=O)N2CCOC(c3ccc(F)c(F)c3)C2)cc1C(=O)O. The molecule has 0 radical (unpaired) electrons. The Balaban J connectivity index is 1.79. The number of nitrogens with zero attached hydrogens (tertiary/aromatic N) is 1. The van der Waals surface area contributed by atoms with Crippen LogP contribution in [0.25, 0.3) is 0 Å². The Kier molecular flexibility index (Phi) is 5.03. The Hall–Kier alpha value is -2.74. The van der Waals surface area contributed by atoms with Gasteiger partial charge in [-0.3, -0.25) is 4.79 Å². The number of aromatic carboxylic acids is 1. The fourth-order valence-electron chi connectivity index (χ4n) is 2.88. The Labute approximate surface area is 148 Å². The van der Waals surface area contributed by atoms with Gasteiger partial charge in [-0.25, -0.2) is 13.6 Å². The number of aryl methyl sites for hydroxylation is 1. The van der Waals surface area contributed by atoms with Gasteiger partial charge in [-0.05, 0) is 17.7 Å². The van der Waals surface area contributed by atoms with Crippen molar-refractivity contribution in [3.63, 3.8) is 0 Å². The number of carbonyl (C=O) groups excluding carboxylic acids is 1. The van der Waals surface area contributed by atoms with E-state index in [1.54, 1.807) is 6.92 Å². The zero-order valence-corrected chi connectivity index (χ0v) is 14.0. The highest BCUT2D eigenvalue weighted by Crippen LogP contribution is 2.26. The molecule has 1 saturated heterocycles. The van der Waals surface area contributed by atoms with E-state index in [-0.39, 0.29) is 36.8 Å². The molecule has 1 amide bonds. The monoisotopic (exact) mass is 365 g/mol. The highest BCUT2D eigenvalue weighted by atomic mass is 19.2. The van der Waals surface area contributed by atoms with Crippen molar-refractivity contribution in [3.8, 4) is 0 Å². The molecule has 2 heterocycles. The molecule has 3 rings (SSSR count). The smallest absolute Gasteiger partial charge is 0.339 e. The Bertz CT molecular complexity index is 848. The number of carbonyl (C=O) groups is 2. The molecule has 26 heavy (non-hydrogen) atoms. The number of hydrogen-bond donors (Lipinski definition) is 1. The van der Waals surface area contributed by atoms with Crippen LogP contribution in [0.1, 0.15) is 45.3 Å². The number of furan rings is 1. The molecule has 1 aromatic carbocycles. The number of benzene rings is 1. The lowest BCUT2D eigenvalue weighted by Crippen LogP contribution is -2.42. The topological polar surface area (TPSA) is 80.0 Å². The predicted molar refractivity (Wildman–Crippen MR) is 86.0 cm³/mol. The first-order valence-corrected chi connectivity index (χ1v) is 8.12.